The Kier molecular flexibility index (Phi) is 7.19. The second kappa shape index (κ2) is 9.37. The van der Waals surface area contributed by atoms with Gasteiger partial charge in [-0.05, 0) is 49.2 Å². The van der Waals surface area contributed by atoms with Crippen LogP contribution in [0.25, 0.3) is 0 Å². The van der Waals surface area contributed by atoms with Crippen molar-refractivity contribution in [2.45, 2.75) is 26.3 Å². The number of carbonyl (C=O) groups excluding carboxylic acids is 2. The molecule has 0 aliphatic carbocycles. The van der Waals surface area contributed by atoms with Gasteiger partial charge in [-0.2, -0.15) is 0 Å². The van der Waals surface area contributed by atoms with E-state index in [1.807, 2.05) is 31.3 Å². The second-order valence-electron chi connectivity index (χ2n) is 5.87. The van der Waals surface area contributed by atoms with Gasteiger partial charge in [0.2, 0.25) is 5.91 Å². The van der Waals surface area contributed by atoms with Crippen molar-refractivity contribution in [1.29, 1.82) is 0 Å². The summed E-state index contributed by atoms with van der Waals surface area (Å²) in [7, 11) is 1.81. The number of Topliss-reactive ketones (excluding diaryl/α,β-unsaturated/α-hetero) is 1. The van der Waals surface area contributed by atoms with E-state index in [9.17, 15) is 9.59 Å². The van der Waals surface area contributed by atoms with Gasteiger partial charge in [0.1, 0.15) is 5.75 Å². The standard InChI is InChI=1S/C20H22BrNO3/c1-15(23)16-9-11-18(12-10-16)25-13-5-8-20(24)22(2)14-17-6-3-4-7-19(17)21/h3-4,6-7,9-12H,5,8,13-14H2,1-2H3. The molecule has 2 rings (SSSR count). The summed E-state index contributed by atoms with van der Waals surface area (Å²) in [4.78, 5) is 25.2. The molecule has 4 nitrogen and oxygen atoms in total. The van der Waals surface area contributed by atoms with Crippen molar-refractivity contribution >= 4 is 27.6 Å². The van der Waals surface area contributed by atoms with Gasteiger partial charge in [-0.3, -0.25) is 9.59 Å². The number of hydrogen-bond acceptors (Lipinski definition) is 3. The van der Waals surface area contributed by atoms with Crippen LogP contribution < -0.4 is 4.74 Å². The largest absolute Gasteiger partial charge is 0.494 e. The van der Waals surface area contributed by atoms with E-state index in [1.165, 1.54) is 6.92 Å². The number of ether oxygens (including phenoxy) is 1. The number of halogens is 1. The van der Waals surface area contributed by atoms with Crippen LogP contribution in [-0.4, -0.2) is 30.2 Å². The van der Waals surface area contributed by atoms with Gasteiger partial charge in [-0.25, -0.2) is 0 Å². The van der Waals surface area contributed by atoms with Crippen LogP contribution in [0.3, 0.4) is 0 Å². The normalized spacial score (nSPS) is 10.4. The fourth-order valence-corrected chi connectivity index (χ4v) is 2.77. The zero-order chi connectivity index (χ0) is 18.2. The van der Waals surface area contributed by atoms with E-state index in [0.29, 0.717) is 37.3 Å². The Morgan fingerprint density at radius 1 is 1.08 bits per heavy atom. The van der Waals surface area contributed by atoms with Crippen LogP contribution in [0.2, 0.25) is 0 Å². The molecule has 0 bridgehead atoms. The number of ketones is 1. The third-order valence-corrected chi connectivity index (χ3v) is 4.63. The van der Waals surface area contributed by atoms with Crippen LogP contribution in [0.5, 0.6) is 5.75 Å². The molecular formula is C20H22BrNO3. The maximum atomic E-state index is 12.2. The Labute approximate surface area is 156 Å². The van der Waals surface area contributed by atoms with E-state index in [2.05, 4.69) is 15.9 Å². The summed E-state index contributed by atoms with van der Waals surface area (Å²) >= 11 is 3.50. The highest BCUT2D eigenvalue weighted by atomic mass is 79.9. The van der Waals surface area contributed by atoms with Crippen LogP contribution in [0.1, 0.15) is 35.7 Å². The molecule has 0 aromatic heterocycles. The van der Waals surface area contributed by atoms with E-state index < -0.39 is 0 Å². The molecule has 2 aromatic carbocycles. The first kappa shape index (κ1) is 19.2. The average molecular weight is 404 g/mol. The lowest BCUT2D eigenvalue weighted by atomic mass is 10.1. The molecule has 1 amide bonds. The van der Waals surface area contributed by atoms with Crippen LogP contribution in [-0.2, 0) is 11.3 Å². The summed E-state index contributed by atoms with van der Waals surface area (Å²) in [5.74, 6) is 0.829. The van der Waals surface area contributed by atoms with Gasteiger partial charge in [0, 0.05) is 30.0 Å². The van der Waals surface area contributed by atoms with Gasteiger partial charge >= 0.3 is 0 Å². The lowest BCUT2D eigenvalue weighted by Crippen LogP contribution is -2.26. The van der Waals surface area contributed by atoms with Crippen molar-refractivity contribution in [2.24, 2.45) is 0 Å². The maximum Gasteiger partial charge on any atom is 0.222 e. The fraction of sp³-hybridized carbons (Fsp3) is 0.300. The summed E-state index contributed by atoms with van der Waals surface area (Å²) in [5, 5.41) is 0. The smallest absolute Gasteiger partial charge is 0.222 e. The van der Waals surface area contributed by atoms with Crippen LogP contribution in [0.4, 0.5) is 0 Å². The molecule has 25 heavy (non-hydrogen) atoms. The number of amides is 1. The van der Waals surface area contributed by atoms with Crippen molar-refractivity contribution in [3.8, 4) is 5.75 Å². The van der Waals surface area contributed by atoms with Gasteiger partial charge in [-0.15, -0.1) is 0 Å². The van der Waals surface area contributed by atoms with Crippen molar-refractivity contribution < 1.29 is 14.3 Å². The Hall–Kier alpha value is -2.14. The molecule has 0 spiro atoms. The van der Waals surface area contributed by atoms with Gasteiger partial charge < -0.3 is 9.64 Å². The summed E-state index contributed by atoms with van der Waals surface area (Å²) in [6.07, 6.45) is 1.08. The molecule has 0 aliphatic rings. The molecule has 0 saturated heterocycles. The summed E-state index contributed by atoms with van der Waals surface area (Å²) in [6, 6.07) is 14.9. The minimum Gasteiger partial charge on any atom is -0.494 e. The number of carbonyl (C=O) groups is 2. The lowest BCUT2D eigenvalue weighted by molar-refractivity contribution is -0.130. The van der Waals surface area contributed by atoms with Crippen LogP contribution >= 0.6 is 15.9 Å². The number of hydrogen-bond donors (Lipinski definition) is 0. The van der Waals surface area contributed by atoms with Gasteiger partial charge in [0.15, 0.2) is 5.78 Å². The zero-order valence-corrected chi connectivity index (χ0v) is 16.1. The predicted octanol–water partition coefficient (Wildman–Crippen LogP) is 4.47. The van der Waals surface area contributed by atoms with E-state index in [4.69, 9.17) is 4.74 Å². The van der Waals surface area contributed by atoms with Crippen molar-refractivity contribution in [2.75, 3.05) is 13.7 Å². The molecule has 2 aromatic rings. The van der Waals surface area contributed by atoms with Crippen molar-refractivity contribution in [3.05, 3.63) is 64.1 Å². The highest BCUT2D eigenvalue weighted by molar-refractivity contribution is 9.10. The Bertz CT molecular complexity index is 728. The first-order valence-corrected chi connectivity index (χ1v) is 8.98. The molecule has 132 valence electrons. The zero-order valence-electron chi connectivity index (χ0n) is 14.5. The molecule has 0 aliphatic heterocycles. The summed E-state index contributed by atoms with van der Waals surface area (Å²) < 4.78 is 6.63. The Morgan fingerprint density at radius 3 is 2.40 bits per heavy atom. The van der Waals surface area contributed by atoms with E-state index >= 15 is 0 Å². The quantitative estimate of drug-likeness (QED) is 0.482. The van der Waals surface area contributed by atoms with E-state index in [-0.39, 0.29) is 11.7 Å². The number of nitrogens with zero attached hydrogens (tertiary/aromatic N) is 1. The molecule has 0 N–H and O–H groups in total. The SMILES string of the molecule is CC(=O)c1ccc(OCCCC(=O)N(C)Cc2ccccc2Br)cc1. The molecule has 0 radical (unpaired) electrons. The molecule has 0 saturated carbocycles. The monoisotopic (exact) mass is 403 g/mol. The van der Waals surface area contributed by atoms with Gasteiger partial charge in [-0.1, -0.05) is 34.1 Å². The third kappa shape index (κ3) is 6.02. The van der Waals surface area contributed by atoms with Crippen molar-refractivity contribution in [3.63, 3.8) is 0 Å². The van der Waals surface area contributed by atoms with Crippen LogP contribution in [0, 0.1) is 0 Å². The highest BCUT2D eigenvalue weighted by Gasteiger charge is 2.10. The Morgan fingerprint density at radius 2 is 1.76 bits per heavy atom. The maximum absolute atomic E-state index is 12.2. The topological polar surface area (TPSA) is 46.6 Å². The third-order valence-electron chi connectivity index (χ3n) is 3.86. The minimum absolute atomic E-state index is 0.0326. The number of rotatable bonds is 8. The first-order valence-electron chi connectivity index (χ1n) is 8.18. The summed E-state index contributed by atoms with van der Waals surface area (Å²) in [5.41, 5.74) is 1.75. The highest BCUT2D eigenvalue weighted by Crippen LogP contribution is 2.18. The first-order chi connectivity index (χ1) is 12.0. The minimum atomic E-state index is 0.0326. The summed E-state index contributed by atoms with van der Waals surface area (Å²) in [6.45, 7) is 2.58. The fourth-order valence-electron chi connectivity index (χ4n) is 2.36. The molecular weight excluding hydrogens is 382 g/mol. The number of benzene rings is 2. The average Bonchev–Trinajstić information content (AvgIpc) is 2.60. The Balaban J connectivity index is 1.72. The van der Waals surface area contributed by atoms with Gasteiger partial charge in [0.25, 0.3) is 0 Å². The van der Waals surface area contributed by atoms with E-state index in [0.717, 1.165) is 10.0 Å². The van der Waals surface area contributed by atoms with Crippen molar-refractivity contribution in [1.82, 2.24) is 4.90 Å². The molecule has 0 atom stereocenters. The lowest BCUT2D eigenvalue weighted by Gasteiger charge is -2.18. The second-order valence-corrected chi connectivity index (χ2v) is 6.73. The van der Waals surface area contributed by atoms with Gasteiger partial charge in [0.05, 0.1) is 6.61 Å². The van der Waals surface area contributed by atoms with E-state index in [1.54, 1.807) is 29.2 Å². The van der Waals surface area contributed by atoms with Crippen LogP contribution in [0.15, 0.2) is 53.0 Å². The predicted molar refractivity (Wildman–Crippen MR) is 102 cm³/mol. The molecule has 5 heteroatoms. The molecule has 0 fully saturated rings. The molecule has 0 unspecified atom stereocenters. The molecule has 0 heterocycles.